The first kappa shape index (κ1) is 15.4. The molecule has 0 aliphatic carbocycles. The highest BCUT2D eigenvalue weighted by atomic mass is 16.5. The molecule has 5 heteroatoms. The van der Waals surface area contributed by atoms with Crippen molar-refractivity contribution in [3.8, 4) is 5.75 Å². The molecule has 21 heavy (non-hydrogen) atoms. The second-order valence-corrected chi connectivity index (χ2v) is 5.58. The average molecular weight is 290 g/mol. The number of hydrogen-bond acceptors (Lipinski definition) is 3. The Bertz CT molecular complexity index is 530. The summed E-state index contributed by atoms with van der Waals surface area (Å²) < 4.78 is 5.26. The summed E-state index contributed by atoms with van der Waals surface area (Å²) in [4.78, 5) is 24.1. The summed E-state index contributed by atoms with van der Waals surface area (Å²) in [6.45, 7) is 2.17. The molecule has 1 heterocycles. The van der Waals surface area contributed by atoms with Crippen LogP contribution in [-0.4, -0.2) is 24.5 Å². The van der Waals surface area contributed by atoms with Gasteiger partial charge in [0.05, 0.1) is 7.11 Å². The number of hydrogen-bond donors (Lipinski definition) is 2. The summed E-state index contributed by atoms with van der Waals surface area (Å²) in [5, 5.41) is 5.74. The van der Waals surface area contributed by atoms with E-state index in [4.69, 9.17) is 4.74 Å². The van der Waals surface area contributed by atoms with Crippen LogP contribution in [0.15, 0.2) is 24.3 Å². The third kappa shape index (κ3) is 3.74. The molecular weight excluding hydrogens is 268 g/mol. The number of ether oxygens (including phenoxy) is 1. The van der Waals surface area contributed by atoms with Gasteiger partial charge in [0.15, 0.2) is 0 Å². The van der Waals surface area contributed by atoms with Crippen molar-refractivity contribution < 1.29 is 14.3 Å². The van der Waals surface area contributed by atoms with Gasteiger partial charge in [-0.3, -0.25) is 9.59 Å². The Morgan fingerprint density at radius 1 is 1.38 bits per heavy atom. The maximum atomic E-state index is 12.4. The van der Waals surface area contributed by atoms with Crippen molar-refractivity contribution in [2.45, 2.75) is 44.7 Å². The van der Waals surface area contributed by atoms with Crippen LogP contribution in [0.2, 0.25) is 0 Å². The zero-order valence-corrected chi connectivity index (χ0v) is 12.6. The maximum Gasteiger partial charge on any atom is 0.245 e. The standard InChI is InChI=1S/C16H22N2O3/c1-16(10-6-5-9-14(19)18-16)15(20)17-11-12-7-3-4-8-13(12)21-2/h3-4,7-8H,5-6,9-11H2,1-2H3,(H,17,20)(H,18,19). The summed E-state index contributed by atoms with van der Waals surface area (Å²) in [5.74, 6) is 0.541. The van der Waals surface area contributed by atoms with E-state index in [-0.39, 0.29) is 11.8 Å². The molecule has 1 aliphatic rings. The first-order valence-electron chi connectivity index (χ1n) is 7.26. The minimum absolute atomic E-state index is 0.0533. The van der Waals surface area contributed by atoms with E-state index in [1.807, 2.05) is 24.3 Å². The van der Waals surface area contributed by atoms with Gasteiger partial charge in [-0.05, 0) is 25.8 Å². The predicted octanol–water partition coefficient (Wildman–Crippen LogP) is 1.76. The van der Waals surface area contributed by atoms with Crippen molar-refractivity contribution in [1.82, 2.24) is 10.6 Å². The number of carbonyl (C=O) groups is 2. The highest BCUT2D eigenvalue weighted by Gasteiger charge is 2.35. The Hall–Kier alpha value is -2.04. The Morgan fingerprint density at radius 3 is 2.90 bits per heavy atom. The first-order valence-corrected chi connectivity index (χ1v) is 7.26. The lowest BCUT2D eigenvalue weighted by Gasteiger charge is -2.28. The molecule has 0 radical (unpaired) electrons. The highest BCUT2D eigenvalue weighted by Crippen LogP contribution is 2.21. The minimum atomic E-state index is -0.824. The van der Waals surface area contributed by atoms with Crippen molar-refractivity contribution >= 4 is 11.8 Å². The molecule has 1 aromatic rings. The Labute approximate surface area is 125 Å². The molecule has 114 valence electrons. The van der Waals surface area contributed by atoms with Crippen LogP contribution >= 0.6 is 0 Å². The molecule has 1 fully saturated rings. The number of carbonyl (C=O) groups excluding carboxylic acids is 2. The van der Waals surface area contributed by atoms with Gasteiger partial charge in [0.2, 0.25) is 11.8 Å². The SMILES string of the molecule is COc1ccccc1CNC(=O)C1(C)CCCCC(=O)N1. The first-order chi connectivity index (χ1) is 10.0. The fourth-order valence-corrected chi connectivity index (χ4v) is 2.59. The third-order valence-electron chi connectivity index (χ3n) is 3.88. The molecule has 1 unspecified atom stereocenters. The van der Waals surface area contributed by atoms with Crippen LogP contribution in [0.5, 0.6) is 5.75 Å². The lowest BCUT2D eigenvalue weighted by Crippen LogP contribution is -2.55. The van der Waals surface area contributed by atoms with Crippen molar-refractivity contribution in [2.24, 2.45) is 0 Å². The zero-order valence-electron chi connectivity index (χ0n) is 12.6. The van der Waals surface area contributed by atoms with E-state index in [0.29, 0.717) is 19.4 Å². The monoisotopic (exact) mass is 290 g/mol. The molecular formula is C16H22N2O3. The van der Waals surface area contributed by atoms with Gasteiger partial charge in [0, 0.05) is 18.5 Å². The van der Waals surface area contributed by atoms with Crippen LogP contribution in [0, 0.1) is 0 Å². The number of methoxy groups -OCH3 is 1. The lowest BCUT2D eigenvalue weighted by molar-refractivity contribution is -0.132. The van der Waals surface area contributed by atoms with Crippen molar-refractivity contribution in [3.05, 3.63) is 29.8 Å². The van der Waals surface area contributed by atoms with Crippen molar-refractivity contribution in [3.63, 3.8) is 0 Å². The van der Waals surface area contributed by atoms with Gasteiger partial charge in [-0.2, -0.15) is 0 Å². The number of rotatable bonds is 4. The van der Waals surface area contributed by atoms with Gasteiger partial charge >= 0.3 is 0 Å². The molecule has 1 saturated heterocycles. The largest absolute Gasteiger partial charge is 0.496 e. The Kier molecular flexibility index (Phi) is 4.83. The summed E-state index contributed by atoms with van der Waals surface area (Å²) in [6, 6.07) is 7.56. The van der Waals surface area contributed by atoms with Crippen LogP contribution < -0.4 is 15.4 Å². The molecule has 1 aliphatic heterocycles. The molecule has 0 aromatic heterocycles. The van der Waals surface area contributed by atoms with Crippen LogP contribution in [0.25, 0.3) is 0 Å². The fourth-order valence-electron chi connectivity index (χ4n) is 2.59. The van der Waals surface area contributed by atoms with Crippen molar-refractivity contribution in [2.75, 3.05) is 7.11 Å². The summed E-state index contributed by atoms with van der Waals surface area (Å²) in [7, 11) is 1.60. The van der Waals surface area contributed by atoms with Gasteiger partial charge in [0.25, 0.3) is 0 Å². The zero-order chi connectivity index (χ0) is 15.3. The molecule has 1 aromatic carbocycles. The topological polar surface area (TPSA) is 67.4 Å². The quantitative estimate of drug-likeness (QED) is 0.888. The van der Waals surface area contributed by atoms with Gasteiger partial charge in [0.1, 0.15) is 11.3 Å². The molecule has 0 bridgehead atoms. The molecule has 1 atom stereocenters. The second kappa shape index (κ2) is 6.61. The smallest absolute Gasteiger partial charge is 0.245 e. The van der Waals surface area contributed by atoms with E-state index in [2.05, 4.69) is 10.6 Å². The van der Waals surface area contributed by atoms with E-state index in [1.54, 1.807) is 14.0 Å². The van der Waals surface area contributed by atoms with E-state index in [0.717, 1.165) is 24.2 Å². The normalized spacial score (nSPS) is 22.1. The van der Waals surface area contributed by atoms with Crippen LogP contribution in [0.4, 0.5) is 0 Å². The van der Waals surface area contributed by atoms with Crippen molar-refractivity contribution in [1.29, 1.82) is 0 Å². The van der Waals surface area contributed by atoms with Crippen LogP contribution in [0.1, 0.15) is 38.2 Å². The molecule has 5 nitrogen and oxygen atoms in total. The lowest BCUT2D eigenvalue weighted by atomic mass is 9.95. The fraction of sp³-hybridized carbons (Fsp3) is 0.500. The Balaban J connectivity index is 2.02. The van der Waals surface area contributed by atoms with E-state index >= 15 is 0 Å². The van der Waals surface area contributed by atoms with E-state index < -0.39 is 5.54 Å². The number of para-hydroxylation sites is 1. The summed E-state index contributed by atoms with van der Waals surface area (Å²) in [6.07, 6.45) is 2.87. The average Bonchev–Trinajstić information content (AvgIpc) is 2.66. The highest BCUT2D eigenvalue weighted by molar-refractivity contribution is 5.91. The molecule has 0 spiro atoms. The Morgan fingerprint density at radius 2 is 2.14 bits per heavy atom. The van der Waals surface area contributed by atoms with Crippen LogP contribution in [0.3, 0.4) is 0 Å². The van der Waals surface area contributed by atoms with Gasteiger partial charge in [-0.1, -0.05) is 24.6 Å². The van der Waals surface area contributed by atoms with E-state index in [1.165, 1.54) is 0 Å². The second-order valence-electron chi connectivity index (χ2n) is 5.58. The molecule has 2 N–H and O–H groups in total. The third-order valence-corrected chi connectivity index (χ3v) is 3.88. The summed E-state index contributed by atoms with van der Waals surface area (Å²) >= 11 is 0. The molecule has 0 saturated carbocycles. The van der Waals surface area contributed by atoms with Gasteiger partial charge in [-0.25, -0.2) is 0 Å². The predicted molar refractivity (Wildman–Crippen MR) is 79.9 cm³/mol. The maximum absolute atomic E-state index is 12.4. The van der Waals surface area contributed by atoms with E-state index in [9.17, 15) is 9.59 Å². The van der Waals surface area contributed by atoms with Gasteiger partial charge < -0.3 is 15.4 Å². The number of nitrogens with one attached hydrogen (secondary N) is 2. The van der Waals surface area contributed by atoms with Crippen LogP contribution in [-0.2, 0) is 16.1 Å². The number of benzene rings is 1. The van der Waals surface area contributed by atoms with Gasteiger partial charge in [-0.15, -0.1) is 0 Å². The summed E-state index contributed by atoms with van der Waals surface area (Å²) in [5.41, 5.74) is 0.0900. The minimum Gasteiger partial charge on any atom is -0.496 e. The molecule has 2 rings (SSSR count). The molecule has 2 amide bonds. The number of amides is 2.